The topological polar surface area (TPSA) is 102 Å². The lowest BCUT2D eigenvalue weighted by molar-refractivity contribution is -0.130. The van der Waals surface area contributed by atoms with Crippen molar-refractivity contribution < 1.29 is 14.3 Å². The Morgan fingerprint density at radius 3 is 2.93 bits per heavy atom. The first-order valence-corrected chi connectivity index (χ1v) is 10.5. The van der Waals surface area contributed by atoms with Crippen LogP contribution in [0, 0.1) is 6.92 Å². The van der Waals surface area contributed by atoms with Crippen LogP contribution in [-0.4, -0.2) is 63.7 Å². The minimum atomic E-state index is -0.563. The molecule has 2 heterocycles. The predicted molar refractivity (Wildman–Crippen MR) is 111 cm³/mol. The summed E-state index contributed by atoms with van der Waals surface area (Å²) in [7, 11) is 1.61. The lowest BCUT2D eigenvalue weighted by atomic mass is 10.0. The summed E-state index contributed by atoms with van der Waals surface area (Å²) in [6, 6.07) is 7.06. The fourth-order valence-corrected chi connectivity index (χ4v) is 3.71. The molecule has 0 spiro atoms. The van der Waals surface area contributed by atoms with E-state index in [1.807, 2.05) is 29.2 Å². The number of nitrogens with zero attached hydrogens (tertiary/aromatic N) is 5. The summed E-state index contributed by atoms with van der Waals surface area (Å²) < 4.78 is 6.83. The Hall–Kier alpha value is -2.97. The Labute approximate surface area is 176 Å². The van der Waals surface area contributed by atoms with Gasteiger partial charge in [0.2, 0.25) is 11.8 Å². The van der Waals surface area contributed by atoms with E-state index in [2.05, 4.69) is 20.8 Å². The summed E-state index contributed by atoms with van der Waals surface area (Å²) >= 11 is 0. The van der Waals surface area contributed by atoms with E-state index in [9.17, 15) is 9.59 Å². The van der Waals surface area contributed by atoms with Gasteiger partial charge in [0, 0.05) is 32.5 Å². The number of nitrogens with one attached hydrogen (secondary N) is 1. The van der Waals surface area contributed by atoms with Crippen molar-refractivity contribution >= 4 is 11.8 Å². The minimum Gasteiger partial charge on any atom is -0.497 e. The molecule has 0 aliphatic carbocycles. The highest BCUT2D eigenvalue weighted by molar-refractivity contribution is 5.80. The molecule has 3 rings (SSSR count). The molecule has 0 bridgehead atoms. The maximum atomic E-state index is 13.0. The van der Waals surface area contributed by atoms with Crippen molar-refractivity contribution in [3.8, 4) is 5.75 Å². The van der Waals surface area contributed by atoms with E-state index in [0.29, 0.717) is 31.8 Å². The van der Waals surface area contributed by atoms with Crippen LogP contribution < -0.4 is 10.1 Å². The number of rotatable bonds is 9. The molecule has 1 aromatic carbocycles. The van der Waals surface area contributed by atoms with Crippen molar-refractivity contribution in [1.29, 1.82) is 0 Å². The quantitative estimate of drug-likeness (QED) is 0.627. The molecule has 1 fully saturated rings. The van der Waals surface area contributed by atoms with Gasteiger partial charge < -0.3 is 15.0 Å². The van der Waals surface area contributed by atoms with Gasteiger partial charge in [0.25, 0.3) is 0 Å². The van der Waals surface area contributed by atoms with Gasteiger partial charge in [0.15, 0.2) is 0 Å². The standard InChI is InChI=1S/C21H30N6O3/c1-16-23-24-25-27(16)19(15-17-8-6-9-18(14-17)30-2)21(29)22-11-7-13-26-12-5-3-4-10-20(26)28/h6,8-9,14,19H,3-5,7,10-13,15H2,1-2H3,(H,22,29). The second-order valence-electron chi connectivity index (χ2n) is 7.58. The van der Waals surface area contributed by atoms with Gasteiger partial charge in [0.1, 0.15) is 17.6 Å². The summed E-state index contributed by atoms with van der Waals surface area (Å²) in [5.41, 5.74) is 0.958. The van der Waals surface area contributed by atoms with Gasteiger partial charge in [-0.25, -0.2) is 4.68 Å². The molecule has 1 unspecified atom stereocenters. The second-order valence-corrected chi connectivity index (χ2v) is 7.58. The summed E-state index contributed by atoms with van der Waals surface area (Å²) in [4.78, 5) is 27.0. The number of methoxy groups -OCH3 is 1. The van der Waals surface area contributed by atoms with E-state index >= 15 is 0 Å². The number of amides is 2. The number of aromatic nitrogens is 4. The molecule has 9 heteroatoms. The molecular formula is C21H30N6O3. The van der Waals surface area contributed by atoms with E-state index in [1.165, 1.54) is 0 Å². The van der Waals surface area contributed by atoms with E-state index in [-0.39, 0.29) is 11.8 Å². The average Bonchev–Trinajstić information content (AvgIpc) is 3.07. The lowest BCUT2D eigenvalue weighted by Crippen LogP contribution is -2.37. The molecule has 0 saturated carbocycles. The van der Waals surface area contributed by atoms with Crippen molar-refractivity contribution in [3.05, 3.63) is 35.7 Å². The van der Waals surface area contributed by atoms with E-state index in [4.69, 9.17) is 4.74 Å². The fraction of sp³-hybridized carbons (Fsp3) is 0.571. The zero-order chi connectivity index (χ0) is 21.3. The summed E-state index contributed by atoms with van der Waals surface area (Å²) in [5, 5.41) is 14.6. The molecule has 1 saturated heterocycles. The maximum absolute atomic E-state index is 13.0. The van der Waals surface area contributed by atoms with Crippen LogP contribution in [0.4, 0.5) is 0 Å². The van der Waals surface area contributed by atoms with E-state index < -0.39 is 6.04 Å². The number of likely N-dealkylation sites (tertiary alicyclic amines) is 1. The zero-order valence-electron chi connectivity index (χ0n) is 17.7. The third-order valence-corrected chi connectivity index (χ3v) is 5.39. The molecule has 1 aromatic heterocycles. The first-order chi connectivity index (χ1) is 14.6. The number of tetrazole rings is 1. The number of ether oxygens (including phenoxy) is 1. The van der Waals surface area contributed by atoms with Crippen LogP contribution in [-0.2, 0) is 16.0 Å². The Morgan fingerprint density at radius 1 is 1.30 bits per heavy atom. The number of aryl methyl sites for hydroxylation is 1. The van der Waals surface area contributed by atoms with Gasteiger partial charge in [-0.2, -0.15) is 0 Å². The first-order valence-electron chi connectivity index (χ1n) is 10.5. The van der Waals surface area contributed by atoms with Crippen LogP contribution >= 0.6 is 0 Å². The number of carbonyl (C=O) groups is 2. The monoisotopic (exact) mass is 414 g/mol. The molecule has 1 aliphatic rings. The van der Waals surface area contributed by atoms with Crippen molar-refractivity contribution in [2.24, 2.45) is 0 Å². The highest BCUT2D eigenvalue weighted by atomic mass is 16.5. The van der Waals surface area contributed by atoms with Crippen LogP contribution in [0.2, 0.25) is 0 Å². The number of carbonyl (C=O) groups excluding carboxylic acids is 2. The van der Waals surface area contributed by atoms with Gasteiger partial charge in [0.05, 0.1) is 7.11 Å². The Balaban J connectivity index is 1.59. The Morgan fingerprint density at radius 2 is 2.17 bits per heavy atom. The molecular weight excluding hydrogens is 384 g/mol. The number of hydrogen-bond donors (Lipinski definition) is 1. The van der Waals surface area contributed by atoms with Gasteiger partial charge in [-0.05, 0) is 54.3 Å². The molecule has 2 aromatic rings. The van der Waals surface area contributed by atoms with Gasteiger partial charge in [-0.3, -0.25) is 9.59 Å². The normalized spacial score (nSPS) is 15.5. The van der Waals surface area contributed by atoms with Crippen molar-refractivity contribution in [2.45, 2.75) is 51.5 Å². The van der Waals surface area contributed by atoms with Crippen molar-refractivity contribution in [2.75, 3.05) is 26.7 Å². The Kier molecular flexibility index (Phi) is 7.75. The van der Waals surface area contributed by atoms with Crippen molar-refractivity contribution in [3.63, 3.8) is 0 Å². The maximum Gasteiger partial charge on any atom is 0.245 e. The van der Waals surface area contributed by atoms with Gasteiger partial charge in [-0.15, -0.1) is 5.10 Å². The smallest absolute Gasteiger partial charge is 0.245 e. The molecule has 1 N–H and O–H groups in total. The van der Waals surface area contributed by atoms with Gasteiger partial charge in [-0.1, -0.05) is 18.6 Å². The minimum absolute atomic E-state index is 0.143. The largest absolute Gasteiger partial charge is 0.497 e. The van der Waals surface area contributed by atoms with Crippen LogP contribution in [0.3, 0.4) is 0 Å². The SMILES string of the molecule is COc1cccc(CC(C(=O)NCCCN2CCCCCC2=O)n2nnnc2C)c1. The summed E-state index contributed by atoms with van der Waals surface area (Å²) in [6.07, 6.45) is 4.93. The molecule has 1 atom stereocenters. The summed E-state index contributed by atoms with van der Waals surface area (Å²) in [6.45, 7) is 3.76. The third-order valence-electron chi connectivity index (χ3n) is 5.39. The van der Waals surface area contributed by atoms with Gasteiger partial charge >= 0.3 is 0 Å². The molecule has 30 heavy (non-hydrogen) atoms. The molecule has 162 valence electrons. The van der Waals surface area contributed by atoms with E-state index in [1.54, 1.807) is 18.7 Å². The number of hydrogen-bond acceptors (Lipinski definition) is 6. The Bertz CT molecular complexity index is 853. The summed E-state index contributed by atoms with van der Waals surface area (Å²) in [5.74, 6) is 1.39. The zero-order valence-corrected chi connectivity index (χ0v) is 17.7. The highest BCUT2D eigenvalue weighted by Gasteiger charge is 2.24. The van der Waals surface area contributed by atoms with Crippen LogP contribution in [0.15, 0.2) is 24.3 Å². The average molecular weight is 415 g/mol. The predicted octanol–water partition coefficient (Wildman–Crippen LogP) is 1.68. The van der Waals surface area contributed by atoms with Crippen molar-refractivity contribution in [1.82, 2.24) is 30.4 Å². The lowest BCUT2D eigenvalue weighted by Gasteiger charge is -2.21. The molecule has 1 aliphatic heterocycles. The molecule has 2 amide bonds. The highest BCUT2D eigenvalue weighted by Crippen LogP contribution is 2.19. The van der Waals surface area contributed by atoms with E-state index in [0.717, 1.165) is 43.5 Å². The third kappa shape index (κ3) is 5.77. The van der Waals surface area contributed by atoms with Crippen LogP contribution in [0.25, 0.3) is 0 Å². The van der Waals surface area contributed by atoms with Crippen LogP contribution in [0.5, 0.6) is 5.75 Å². The van der Waals surface area contributed by atoms with Crippen LogP contribution in [0.1, 0.15) is 49.5 Å². The molecule has 9 nitrogen and oxygen atoms in total. The first kappa shape index (κ1) is 21.7. The molecule has 0 radical (unpaired) electrons. The number of benzene rings is 1. The second kappa shape index (κ2) is 10.7. The fourth-order valence-electron chi connectivity index (χ4n) is 3.71.